The fourth-order valence-electron chi connectivity index (χ4n) is 1.87. The van der Waals surface area contributed by atoms with E-state index < -0.39 is 0 Å². The van der Waals surface area contributed by atoms with Gasteiger partial charge in [0.25, 0.3) is 0 Å². The Balaban J connectivity index is 0.000000853. The van der Waals surface area contributed by atoms with Crippen molar-refractivity contribution in [1.29, 1.82) is 0 Å². The zero-order valence-corrected chi connectivity index (χ0v) is 7.70. The summed E-state index contributed by atoms with van der Waals surface area (Å²) in [6, 6.07) is 22.1. The predicted octanol–water partition coefficient (Wildman–Crippen LogP) is 3.14. The molecule has 1 radical (unpaired) electrons. The van der Waals surface area contributed by atoms with Gasteiger partial charge in [-0.1, -0.05) is 48.5 Å². The molecular weight excluding hydrogens is 175 g/mol. The summed E-state index contributed by atoms with van der Waals surface area (Å²) in [4.78, 5) is 0. The molecule has 0 heterocycles. The fraction of sp³-hybridized carbons (Fsp3) is 0. The maximum atomic E-state index is 3.29. The molecule has 0 saturated carbocycles. The van der Waals surface area contributed by atoms with Crippen molar-refractivity contribution >= 4 is 40.4 Å². The van der Waals surface area contributed by atoms with Crippen molar-refractivity contribution in [3.63, 3.8) is 0 Å². The van der Waals surface area contributed by atoms with Crippen LogP contribution in [0.1, 0.15) is 0 Å². The van der Waals surface area contributed by atoms with Gasteiger partial charge in [-0.05, 0) is 33.7 Å². The first-order valence-corrected chi connectivity index (χ1v) is 4.73. The average Bonchev–Trinajstić information content (AvgIpc) is 2.29. The van der Waals surface area contributed by atoms with E-state index in [-0.39, 0.29) is 18.9 Å². The Labute approximate surface area is 101 Å². The van der Waals surface area contributed by atoms with Crippen LogP contribution >= 0.6 is 0 Å². The minimum Gasteiger partial charge on any atom is -0.0616 e. The number of hydrogen-bond acceptors (Lipinski definition) is 0. The summed E-state index contributed by atoms with van der Waals surface area (Å²) < 4.78 is 0. The van der Waals surface area contributed by atoms with Crippen LogP contribution in [0.15, 0.2) is 54.6 Å². The third kappa shape index (κ3) is 1.67. The molecule has 0 unspecified atom stereocenters. The van der Waals surface area contributed by atoms with E-state index in [2.05, 4.69) is 54.6 Å². The molecule has 3 rings (SSSR count). The van der Waals surface area contributed by atoms with Gasteiger partial charge in [-0.3, -0.25) is 0 Å². The van der Waals surface area contributed by atoms with E-state index in [1.54, 1.807) is 0 Å². The summed E-state index contributed by atoms with van der Waals surface area (Å²) >= 11 is 0. The van der Waals surface area contributed by atoms with Crippen molar-refractivity contribution in [2.45, 2.75) is 0 Å². The molecule has 0 N–H and O–H groups in total. The van der Waals surface area contributed by atoms with Crippen LogP contribution in [0.25, 0.3) is 21.5 Å². The molecule has 3 aromatic carbocycles. The van der Waals surface area contributed by atoms with E-state index in [4.69, 9.17) is 0 Å². The van der Waals surface area contributed by atoms with Crippen molar-refractivity contribution in [2.24, 2.45) is 0 Å². The summed E-state index contributed by atoms with van der Waals surface area (Å²) in [6.45, 7) is 0. The van der Waals surface area contributed by atoms with Gasteiger partial charge < -0.3 is 0 Å². The Morgan fingerprint density at radius 1 is 0.733 bits per heavy atom. The van der Waals surface area contributed by atoms with Crippen LogP contribution in [-0.2, 0) is 0 Å². The summed E-state index contributed by atoms with van der Waals surface area (Å²) in [5, 5.41) is 5.03. The maximum Gasteiger partial charge on any atom is -0.00926 e. The van der Waals surface area contributed by atoms with E-state index in [1.807, 2.05) is 6.07 Å². The van der Waals surface area contributed by atoms with Gasteiger partial charge in [-0.2, -0.15) is 0 Å². The second kappa shape index (κ2) is 4.11. The van der Waals surface area contributed by atoms with Crippen LogP contribution in [0, 0.1) is 6.07 Å². The molecule has 1 heteroatoms. The molecule has 0 aliphatic carbocycles. The van der Waals surface area contributed by atoms with E-state index in [9.17, 15) is 0 Å². The quantitative estimate of drug-likeness (QED) is 0.373. The summed E-state index contributed by atoms with van der Waals surface area (Å²) in [6.07, 6.45) is 0. The number of rotatable bonds is 0. The first kappa shape index (κ1) is 10.3. The molecule has 0 saturated heterocycles. The Bertz CT molecular complexity index is 544. The van der Waals surface area contributed by atoms with Crippen LogP contribution < -0.4 is 0 Å². The smallest absolute Gasteiger partial charge is 0.00926 e. The summed E-state index contributed by atoms with van der Waals surface area (Å²) in [5.41, 5.74) is 0. The standard InChI is InChI=1S/C14H9.Li.H/c1-3-7-13-11(5-1)9-10-12-6-2-4-8-14(12)13;;/h1-9H;;. The van der Waals surface area contributed by atoms with Gasteiger partial charge in [0.1, 0.15) is 0 Å². The molecule has 3 aromatic rings. The van der Waals surface area contributed by atoms with Crippen LogP contribution in [0.2, 0.25) is 0 Å². The molecule has 15 heavy (non-hydrogen) atoms. The Morgan fingerprint density at radius 2 is 1.40 bits per heavy atom. The molecule has 0 aromatic heterocycles. The average molecular weight is 185 g/mol. The molecule has 0 fully saturated rings. The Hall–Kier alpha value is -1.22. The Morgan fingerprint density at radius 3 is 2.27 bits per heavy atom. The van der Waals surface area contributed by atoms with Crippen molar-refractivity contribution in [1.82, 2.24) is 0 Å². The van der Waals surface area contributed by atoms with Gasteiger partial charge >= 0.3 is 18.9 Å². The molecule has 0 atom stereocenters. The molecule has 0 spiro atoms. The maximum absolute atomic E-state index is 3.29. The first-order chi connectivity index (χ1) is 6.95. The topological polar surface area (TPSA) is 0 Å². The summed E-state index contributed by atoms with van der Waals surface area (Å²) in [5.74, 6) is 0. The normalized spacial score (nSPS) is 10.1. The van der Waals surface area contributed by atoms with Gasteiger partial charge in [-0.25, -0.2) is 0 Å². The van der Waals surface area contributed by atoms with Crippen LogP contribution in [0.5, 0.6) is 0 Å². The molecule has 0 aliphatic rings. The molecule has 0 aliphatic heterocycles. The van der Waals surface area contributed by atoms with Crippen molar-refractivity contribution in [2.75, 3.05) is 0 Å². The first-order valence-electron chi connectivity index (χ1n) is 4.73. The van der Waals surface area contributed by atoms with Gasteiger partial charge in [-0.15, -0.1) is 0 Å². The fourth-order valence-corrected chi connectivity index (χ4v) is 1.87. The summed E-state index contributed by atoms with van der Waals surface area (Å²) in [7, 11) is 0. The largest absolute Gasteiger partial charge is 0.0616 e. The second-order valence-electron chi connectivity index (χ2n) is 3.42. The van der Waals surface area contributed by atoms with E-state index in [0.717, 1.165) is 0 Å². The monoisotopic (exact) mass is 185 g/mol. The second-order valence-corrected chi connectivity index (χ2v) is 3.42. The van der Waals surface area contributed by atoms with Gasteiger partial charge in [0.05, 0.1) is 0 Å². The van der Waals surface area contributed by atoms with Crippen molar-refractivity contribution in [3.8, 4) is 0 Å². The molecule has 67 valence electrons. The minimum atomic E-state index is 0. The van der Waals surface area contributed by atoms with Crippen molar-refractivity contribution in [3.05, 3.63) is 60.7 Å². The third-order valence-electron chi connectivity index (χ3n) is 2.56. The van der Waals surface area contributed by atoms with Gasteiger partial charge in [0.2, 0.25) is 0 Å². The predicted molar refractivity (Wildman–Crippen MR) is 67.4 cm³/mol. The van der Waals surface area contributed by atoms with Gasteiger partial charge in [0, 0.05) is 0 Å². The molecule has 0 bridgehead atoms. The van der Waals surface area contributed by atoms with Crippen LogP contribution in [0.4, 0.5) is 0 Å². The Kier molecular flexibility index (Phi) is 2.82. The van der Waals surface area contributed by atoms with Crippen molar-refractivity contribution < 1.29 is 0 Å². The zero-order chi connectivity index (χ0) is 9.38. The van der Waals surface area contributed by atoms with E-state index in [0.29, 0.717) is 0 Å². The molecule has 0 nitrogen and oxygen atoms in total. The third-order valence-corrected chi connectivity index (χ3v) is 2.56. The zero-order valence-electron chi connectivity index (χ0n) is 7.70. The number of benzene rings is 3. The van der Waals surface area contributed by atoms with E-state index >= 15 is 0 Å². The van der Waals surface area contributed by atoms with Gasteiger partial charge in [0.15, 0.2) is 0 Å². The SMILES string of the molecule is [LiH].[c]1cc2ccccc2c2ccccc12. The van der Waals surface area contributed by atoms with E-state index in [1.165, 1.54) is 21.5 Å². The molecule has 0 amide bonds. The van der Waals surface area contributed by atoms with Crippen LogP contribution in [0.3, 0.4) is 0 Å². The number of fused-ring (bicyclic) bond motifs is 3. The number of hydrogen-bond donors (Lipinski definition) is 0. The minimum absolute atomic E-state index is 0. The van der Waals surface area contributed by atoms with Crippen LogP contribution in [-0.4, -0.2) is 18.9 Å². The molecular formula is C14H10Li.